The highest BCUT2D eigenvalue weighted by Gasteiger charge is 2.19. The fraction of sp³-hybridized carbons (Fsp3) is 0.111. The maximum Gasteiger partial charge on any atom is 0.284 e. The number of amides is 1. The molecule has 6 nitrogen and oxygen atoms in total. The van der Waals surface area contributed by atoms with Crippen LogP contribution in [0.5, 0.6) is 0 Å². The number of hydrogen-bond acceptors (Lipinski definition) is 6. The van der Waals surface area contributed by atoms with E-state index < -0.39 is 4.92 Å². The molecule has 0 atom stereocenters. The van der Waals surface area contributed by atoms with E-state index in [0.717, 1.165) is 15.6 Å². The van der Waals surface area contributed by atoms with Crippen LogP contribution in [0.25, 0.3) is 0 Å². The Morgan fingerprint density at radius 2 is 2.00 bits per heavy atom. The number of nitro benzene ring substituents is 1. The van der Waals surface area contributed by atoms with Gasteiger partial charge >= 0.3 is 0 Å². The van der Waals surface area contributed by atoms with Crippen molar-refractivity contribution in [2.24, 2.45) is 0 Å². The second kappa shape index (κ2) is 7.67. The Kier molecular flexibility index (Phi) is 5.34. The van der Waals surface area contributed by atoms with Crippen molar-refractivity contribution in [3.8, 4) is 0 Å². The first kappa shape index (κ1) is 18.1. The van der Waals surface area contributed by atoms with Crippen molar-refractivity contribution in [1.82, 2.24) is 4.98 Å². The summed E-state index contributed by atoms with van der Waals surface area (Å²) in [5, 5.41) is 16.1. The van der Waals surface area contributed by atoms with Gasteiger partial charge in [0.15, 0.2) is 4.34 Å². The maximum atomic E-state index is 12.5. The number of aryl methyl sites for hydroxylation is 2. The Labute approximate surface area is 158 Å². The standard InChI is InChI=1S/C18H15N3O3S2/c1-11-5-3-4-6-14(11)20-17(22)13-7-8-16(15(9-13)21(23)24)26-18-19-12(2)10-25-18/h3-10H,1-2H3,(H,20,22). The van der Waals surface area contributed by atoms with Crippen LogP contribution < -0.4 is 5.32 Å². The van der Waals surface area contributed by atoms with E-state index >= 15 is 0 Å². The largest absolute Gasteiger partial charge is 0.322 e. The van der Waals surface area contributed by atoms with Crippen LogP contribution >= 0.6 is 23.1 Å². The summed E-state index contributed by atoms with van der Waals surface area (Å²) in [6, 6.07) is 11.8. The Morgan fingerprint density at radius 3 is 2.65 bits per heavy atom. The molecule has 0 radical (unpaired) electrons. The molecule has 0 saturated carbocycles. The van der Waals surface area contributed by atoms with Gasteiger partial charge in [-0.1, -0.05) is 30.0 Å². The third kappa shape index (κ3) is 4.09. The number of anilines is 1. The molecule has 0 saturated heterocycles. The number of rotatable bonds is 5. The van der Waals surface area contributed by atoms with Crippen LogP contribution in [0.1, 0.15) is 21.6 Å². The number of nitrogens with zero attached hydrogens (tertiary/aromatic N) is 2. The van der Waals surface area contributed by atoms with Crippen molar-refractivity contribution >= 4 is 40.4 Å². The highest BCUT2D eigenvalue weighted by Crippen LogP contribution is 2.36. The van der Waals surface area contributed by atoms with Gasteiger partial charge in [-0.25, -0.2) is 4.98 Å². The van der Waals surface area contributed by atoms with Crippen LogP contribution in [0.4, 0.5) is 11.4 Å². The Hall–Kier alpha value is -2.71. The normalized spacial score (nSPS) is 10.5. The zero-order valence-electron chi connectivity index (χ0n) is 14.1. The van der Waals surface area contributed by atoms with Crippen LogP contribution in [0.2, 0.25) is 0 Å². The fourth-order valence-electron chi connectivity index (χ4n) is 2.27. The molecule has 2 aromatic carbocycles. The molecule has 26 heavy (non-hydrogen) atoms. The second-order valence-corrected chi connectivity index (χ2v) is 7.71. The van der Waals surface area contributed by atoms with Crippen LogP contribution in [0.3, 0.4) is 0 Å². The minimum Gasteiger partial charge on any atom is -0.322 e. The molecule has 1 aromatic heterocycles. The van der Waals surface area contributed by atoms with Gasteiger partial charge in [0.1, 0.15) is 0 Å². The first-order chi connectivity index (χ1) is 12.4. The molecule has 1 N–H and O–H groups in total. The molecule has 0 aliphatic rings. The smallest absolute Gasteiger partial charge is 0.284 e. The summed E-state index contributed by atoms with van der Waals surface area (Å²) in [5.74, 6) is -0.385. The SMILES string of the molecule is Cc1csc(Sc2ccc(C(=O)Nc3ccccc3C)cc2[N+](=O)[O-])n1. The molecule has 0 unspecified atom stereocenters. The summed E-state index contributed by atoms with van der Waals surface area (Å²) >= 11 is 2.65. The molecule has 132 valence electrons. The van der Waals surface area contributed by atoms with Gasteiger partial charge in [0.2, 0.25) is 0 Å². The lowest BCUT2D eigenvalue weighted by atomic mass is 10.1. The highest BCUT2D eigenvalue weighted by molar-refractivity contribution is 8.01. The predicted octanol–water partition coefficient (Wildman–Crippen LogP) is 5.07. The molecule has 0 spiro atoms. The third-order valence-corrected chi connectivity index (χ3v) is 5.73. The number of para-hydroxylation sites is 1. The third-order valence-electron chi connectivity index (χ3n) is 3.61. The Morgan fingerprint density at radius 1 is 1.23 bits per heavy atom. The highest BCUT2D eigenvalue weighted by atomic mass is 32.2. The number of hydrogen-bond donors (Lipinski definition) is 1. The average molecular weight is 385 g/mol. The number of aromatic nitrogens is 1. The van der Waals surface area contributed by atoms with E-state index in [9.17, 15) is 14.9 Å². The van der Waals surface area contributed by atoms with Crippen molar-refractivity contribution in [3.63, 3.8) is 0 Å². The number of nitrogens with one attached hydrogen (secondary N) is 1. The average Bonchev–Trinajstić information content (AvgIpc) is 3.02. The summed E-state index contributed by atoms with van der Waals surface area (Å²) in [7, 11) is 0. The van der Waals surface area contributed by atoms with Crippen LogP contribution in [-0.2, 0) is 0 Å². The minimum absolute atomic E-state index is 0.111. The fourth-order valence-corrected chi connectivity index (χ4v) is 4.15. The lowest BCUT2D eigenvalue weighted by Crippen LogP contribution is -2.13. The van der Waals surface area contributed by atoms with Crippen molar-refractivity contribution in [2.75, 3.05) is 5.32 Å². The van der Waals surface area contributed by atoms with Crippen molar-refractivity contribution in [2.45, 2.75) is 23.1 Å². The Balaban J connectivity index is 1.87. The van der Waals surface area contributed by atoms with Crippen molar-refractivity contribution < 1.29 is 9.72 Å². The zero-order chi connectivity index (χ0) is 18.7. The quantitative estimate of drug-likeness (QED) is 0.489. The number of benzene rings is 2. The molecule has 0 fully saturated rings. The summed E-state index contributed by atoms with van der Waals surface area (Å²) in [4.78, 5) is 28.2. The van der Waals surface area contributed by atoms with E-state index in [-0.39, 0.29) is 17.2 Å². The predicted molar refractivity (Wildman–Crippen MR) is 103 cm³/mol. The van der Waals surface area contributed by atoms with E-state index in [1.165, 1.54) is 29.2 Å². The van der Waals surface area contributed by atoms with Gasteiger partial charge in [-0.05, 0) is 37.6 Å². The molecule has 3 aromatic rings. The maximum absolute atomic E-state index is 12.5. The van der Waals surface area contributed by atoms with E-state index in [0.29, 0.717) is 10.6 Å². The van der Waals surface area contributed by atoms with Crippen LogP contribution in [0, 0.1) is 24.0 Å². The molecule has 3 rings (SSSR count). The van der Waals surface area contributed by atoms with Crippen molar-refractivity contribution in [1.29, 1.82) is 0 Å². The van der Waals surface area contributed by atoms with Gasteiger partial charge < -0.3 is 5.32 Å². The van der Waals surface area contributed by atoms with Gasteiger partial charge in [-0.2, -0.15) is 0 Å². The van der Waals surface area contributed by atoms with Gasteiger partial charge in [-0.15, -0.1) is 11.3 Å². The molecule has 8 heteroatoms. The van der Waals surface area contributed by atoms with E-state index in [2.05, 4.69) is 10.3 Å². The molecule has 0 aliphatic carbocycles. The molecule has 1 amide bonds. The number of nitro groups is 1. The lowest BCUT2D eigenvalue weighted by Gasteiger charge is -2.09. The molecule has 1 heterocycles. The van der Waals surface area contributed by atoms with E-state index in [4.69, 9.17) is 0 Å². The van der Waals surface area contributed by atoms with E-state index in [1.54, 1.807) is 18.2 Å². The monoisotopic (exact) mass is 385 g/mol. The van der Waals surface area contributed by atoms with Gasteiger partial charge in [0.25, 0.3) is 11.6 Å². The minimum atomic E-state index is -0.479. The first-order valence-corrected chi connectivity index (χ1v) is 9.39. The lowest BCUT2D eigenvalue weighted by molar-refractivity contribution is -0.387. The Bertz CT molecular complexity index is 985. The first-order valence-electron chi connectivity index (χ1n) is 7.69. The van der Waals surface area contributed by atoms with Gasteiger partial charge in [0, 0.05) is 28.4 Å². The van der Waals surface area contributed by atoms with Crippen LogP contribution in [0.15, 0.2) is 57.1 Å². The molecule has 0 bridgehead atoms. The summed E-state index contributed by atoms with van der Waals surface area (Å²) < 4.78 is 0.725. The molecule has 0 aliphatic heterocycles. The van der Waals surface area contributed by atoms with Crippen molar-refractivity contribution in [3.05, 3.63) is 74.8 Å². The summed E-state index contributed by atoms with van der Waals surface area (Å²) in [5.41, 5.74) is 2.59. The summed E-state index contributed by atoms with van der Waals surface area (Å²) in [6.07, 6.45) is 0. The molecular formula is C18H15N3O3S2. The summed E-state index contributed by atoms with van der Waals surface area (Å²) in [6.45, 7) is 3.75. The van der Waals surface area contributed by atoms with E-state index in [1.807, 2.05) is 37.4 Å². The van der Waals surface area contributed by atoms with Gasteiger partial charge in [-0.3, -0.25) is 14.9 Å². The number of carbonyl (C=O) groups is 1. The zero-order valence-corrected chi connectivity index (χ0v) is 15.7. The number of carbonyl (C=O) groups excluding carboxylic acids is 1. The number of thiazole rings is 1. The second-order valence-electron chi connectivity index (χ2n) is 5.57. The van der Waals surface area contributed by atoms with Crippen LogP contribution in [-0.4, -0.2) is 15.8 Å². The van der Waals surface area contributed by atoms with Gasteiger partial charge in [0.05, 0.1) is 9.82 Å². The molecular weight excluding hydrogens is 370 g/mol. The topological polar surface area (TPSA) is 85.1 Å².